The quantitative estimate of drug-likeness (QED) is 0.784. The second-order valence-electron chi connectivity index (χ2n) is 6.77. The molecule has 8 heteroatoms. The minimum absolute atomic E-state index is 0.0890. The van der Waals surface area contributed by atoms with Crippen LogP contribution >= 0.6 is 0 Å². The molecular weight excluding hydrogens is 364 g/mol. The van der Waals surface area contributed by atoms with E-state index in [-0.39, 0.29) is 11.7 Å². The number of sulfonamides is 1. The first-order chi connectivity index (χ1) is 13.0. The highest BCUT2D eigenvalue weighted by Crippen LogP contribution is 2.21. The van der Waals surface area contributed by atoms with Gasteiger partial charge in [-0.05, 0) is 43.0 Å². The zero-order chi connectivity index (χ0) is 19.3. The Bertz CT molecular complexity index is 848. The maximum atomic E-state index is 12.7. The normalized spacial score (nSPS) is 18.3. The summed E-state index contributed by atoms with van der Waals surface area (Å²) < 4.78 is 28.1. The lowest BCUT2D eigenvalue weighted by molar-refractivity contribution is -0.125. The van der Waals surface area contributed by atoms with Crippen LogP contribution in [0.1, 0.15) is 38.2 Å². The van der Waals surface area contributed by atoms with E-state index in [1.54, 1.807) is 10.9 Å². The fourth-order valence-electron chi connectivity index (χ4n) is 3.37. The molecule has 3 rings (SSSR count). The van der Waals surface area contributed by atoms with E-state index in [4.69, 9.17) is 0 Å². The number of amides is 1. The Balaban J connectivity index is 1.62. The lowest BCUT2D eigenvalue weighted by Gasteiger charge is -2.33. The number of nitrogens with zero attached hydrogens (tertiary/aromatic N) is 3. The number of hydrogen-bond acceptors (Lipinski definition) is 4. The van der Waals surface area contributed by atoms with Crippen LogP contribution in [0.2, 0.25) is 0 Å². The lowest BCUT2D eigenvalue weighted by atomic mass is 10.0. The molecule has 0 bridgehead atoms. The molecule has 1 unspecified atom stereocenters. The highest BCUT2D eigenvalue weighted by atomic mass is 32.2. The average molecular weight is 391 g/mol. The molecular formula is C19H26N4O3S. The first kappa shape index (κ1) is 19.6. The van der Waals surface area contributed by atoms with Crippen molar-refractivity contribution < 1.29 is 13.2 Å². The molecule has 0 aliphatic carbocycles. The second-order valence-corrected chi connectivity index (χ2v) is 8.81. The third-order valence-electron chi connectivity index (χ3n) is 4.75. The Morgan fingerprint density at radius 1 is 1.26 bits per heavy atom. The van der Waals surface area contributed by atoms with Crippen LogP contribution in [-0.4, -0.2) is 46.8 Å². The van der Waals surface area contributed by atoms with Crippen LogP contribution in [0.15, 0.2) is 42.7 Å². The first-order valence-electron chi connectivity index (χ1n) is 9.37. The Morgan fingerprint density at radius 3 is 2.70 bits per heavy atom. The molecule has 2 aromatic rings. The maximum Gasteiger partial charge on any atom is 0.238 e. The third kappa shape index (κ3) is 4.75. The smallest absolute Gasteiger partial charge is 0.238 e. The predicted octanol–water partition coefficient (Wildman–Crippen LogP) is 2.08. The summed E-state index contributed by atoms with van der Waals surface area (Å²) >= 11 is 0. The van der Waals surface area contributed by atoms with Crippen LogP contribution < -0.4 is 5.32 Å². The Hall–Kier alpha value is -2.19. The number of carbonyl (C=O) groups is 1. The second kappa shape index (κ2) is 8.67. The molecule has 27 heavy (non-hydrogen) atoms. The SMILES string of the molecule is CCCS(=O)(=O)N1CCCCC1C(=O)NCc1ccc(-n2cccn2)cc1. The predicted molar refractivity (Wildman–Crippen MR) is 104 cm³/mol. The van der Waals surface area contributed by atoms with E-state index in [2.05, 4.69) is 10.4 Å². The molecule has 146 valence electrons. The molecule has 0 saturated carbocycles. The van der Waals surface area contributed by atoms with E-state index in [0.717, 1.165) is 24.1 Å². The van der Waals surface area contributed by atoms with Crippen LogP contribution in [0.3, 0.4) is 0 Å². The van der Waals surface area contributed by atoms with Gasteiger partial charge in [0.2, 0.25) is 15.9 Å². The van der Waals surface area contributed by atoms with Crippen LogP contribution in [0.4, 0.5) is 0 Å². The van der Waals surface area contributed by atoms with Gasteiger partial charge < -0.3 is 5.32 Å². The Labute approximate surface area is 160 Å². The van der Waals surface area contributed by atoms with Gasteiger partial charge in [0.25, 0.3) is 0 Å². The highest BCUT2D eigenvalue weighted by molar-refractivity contribution is 7.89. The minimum Gasteiger partial charge on any atom is -0.351 e. The van der Waals surface area contributed by atoms with Crippen molar-refractivity contribution >= 4 is 15.9 Å². The summed E-state index contributed by atoms with van der Waals surface area (Å²) in [4.78, 5) is 12.7. The topological polar surface area (TPSA) is 84.3 Å². The van der Waals surface area contributed by atoms with Crippen LogP contribution in [0, 0.1) is 0 Å². The lowest BCUT2D eigenvalue weighted by Crippen LogP contribution is -2.52. The van der Waals surface area contributed by atoms with Crippen molar-refractivity contribution in [2.24, 2.45) is 0 Å². The van der Waals surface area contributed by atoms with Gasteiger partial charge in [0.05, 0.1) is 11.4 Å². The fraction of sp³-hybridized carbons (Fsp3) is 0.474. The van der Waals surface area contributed by atoms with E-state index >= 15 is 0 Å². The molecule has 1 saturated heterocycles. The fourth-order valence-corrected chi connectivity index (χ4v) is 5.12. The maximum absolute atomic E-state index is 12.7. The molecule has 1 atom stereocenters. The summed E-state index contributed by atoms with van der Waals surface area (Å²) in [6, 6.07) is 9.00. The summed E-state index contributed by atoms with van der Waals surface area (Å²) in [6.07, 6.45) is 6.39. The first-order valence-corrected chi connectivity index (χ1v) is 11.0. The van der Waals surface area contributed by atoms with E-state index in [1.807, 2.05) is 43.5 Å². The number of benzene rings is 1. The zero-order valence-corrected chi connectivity index (χ0v) is 16.4. The van der Waals surface area contributed by atoms with Crippen molar-refractivity contribution in [2.75, 3.05) is 12.3 Å². The van der Waals surface area contributed by atoms with Crippen molar-refractivity contribution in [3.8, 4) is 5.69 Å². The molecule has 2 heterocycles. The Morgan fingerprint density at radius 2 is 2.04 bits per heavy atom. The molecule has 1 aromatic carbocycles. The van der Waals surface area contributed by atoms with Gasteiger partial charge in [0, 0.05) is 25.5 Å². The summed E-state index contributed by atoms with van der Waals surface area (Å²) in [5.74, 6) is -0.128. The van der Waals surface area contributed by atoms with Gasteiger partial charge in [0.15, 0.2) is 0 Å². The van der Waals surface area contributed by atoms with Crippen molar-refractivity contribution in [2.45, 2.75) is 45.2 Å². The largest absolute Gasteiger partial charge is 0.351 e. The number of carbonyl (C=O) groups excluding carboxylic acids is 1. The molecule has 0 radical (unpaired) electrons. The highest BCUT2D eigenvalue weighted by Gasteiger charge is 2.35. The molecule has 0 spiro atoms. The molecule has 1 aromatic heterocycles. The van der Waals surface area contributed by atoms with Crippen molar-refractivity contribution in [3.05, 3.63) is 48.3 Å². The Kier molecular flexibility index (Phi) is 6.28. The number of hydrogen-bond donors (Lipinski definition) is 1. The van der Waals surface area contributed by atoms with E-state index in [0.29, 0.717) is 25.9 Å². The van der Waals surface area contributed by atoms with Gasteiger partial charge in [-0.25, -0.2) is 13.1 Å². The van der Waals surface area contributed by atoms with Crippen molar-refractivity contribution in [3.63, 3.8) is 0 Å². The molecule has 1 N–H and O–H groups in total. The summed E-state index contributed by atoms with van der Waals surface area (Å²) in [5, 5.41) is 7.08. The van der Waals surface area contributed by atoms with Gasteiger partial charge in [-0.3, -0.25) is 4.79 Å². The van der Waals surface area contributed by atoms with Crippen molar-refractivity contribution in [1.29, 1.82) is 0 Å². The third-order valence-corrected chi connectivity index (χ3v) is 6.82. The molecule has 7 nitrogen and oxygen atoms in total. The van der Waals surface area contributed by atoms with Crippen LogP contribution in [0.5, 0.6) is 0 Å². The monoisotopic (exact) mass is 390 g/mol. The molecule has 1 fully saturated rings. The standard InChI is InChI=1S/C19H26N4O3S/c1-2-14-27(25,26)23-13-4-3-6-18(23)19(24)20-15-16-7-9-17(10-8-16)22-12-5-11-21-22/h5,7-12,18H,2-4,6,13-15H2,1H3,(H,20,24). The average Bonchev–Trinajstić information content (AvgIpc) is 3.21. The number of rotatable bonds is 7. The van der Waals surface area contributed by atoms with Crippen molar-refractivity contribution in [1.82, 2.24) is 19.4 Å². The number of piperidine rings is 1. The summed E-state index contributed by atoms with van der Waals surface area (Å²) in [7, 11) is -3.38. The van der Waals surface area contributed by atoms with Crippen LogP contribution in [-0.2, 0) is 21.4 Å². The zero-order valence-electron chi connectivity index (χ0n) is 15.5. The van der Waals surface area contributed by atoms with E-state index < -0.39 is 16.1 Å². The number of aromatic nitrogens is 2. The van der Waals surface area contributed by atoms with Gasteiger partial charge in [0.1, 0.15) is 6.04 Å². The molecule has 1 aliphatic rings. The molecule has 1 amide bonds. The van der Waals surface area contributed by atoms with Crippen LogP contribution in [0.25, 0.3) is 5.69 Å². The minimum atomic E-state index is -3.38. The van der Waals surface area contributed by atoms with Gasteiger partial charge in [-0.1, -0.05) is 25.5 Å². The summed E-state index contributed by atoms with van der Waals surface area (Å²) in [5.41, 5.74) is 1.90. The number of nitrogens with one attached hydrogen (secondary N) is 1. The van der Waals surface area contributed by atoms with Gasteiger partial charge >= 0.3 is 0 Å². The van der Waals surface area contributed by atoms with Gasteiger partial charge in [-0.15, -0.1) is 0 Å². The molecule has 1 aliphatic heterocycles. The van der Waals surface area contributed by atoms with E-state index in [1.165, 1.54) is 4.31 Å². The summed E-state index contributed by atoms with van der Waals surface area (Å²) in [6.45, 7) is 2.64. The van der Waals surface area contributed by atoms with E-state index in [9.17, 15) is 13.2 Å². The van der Waals surface area contributed by atoms with Gasteiger partial charge in [-0.2, -0.15) is 9.40 Å².